The summed E-state index contributed by atoms with van der Waals surface area (Å²) < 4.78 is 50.7. The van der Waals surface area contributed by atoms with Crippen molar-refractivity contribution in [3.05, 3.63) is 65.5 Å². The number of hydrogen-bond acceptors (Lipinski definition) is 5. The second-order valence-corrected chi connectivity index (χ2v) is 8.03. The second-order valence-electron chi connectivity index (χ2n) is 6.09. The molecule has 0 N–H and O–H groups in total. The summed E-state index contributed by atoms with van der Waals surface area (Å²) in [6.07, 6.45) is -0.182. The molecule has 1 aliphatic rings. The Morgan fingerprint density at radius 2 is 1.85 bits per heavy atom. The van der Waals surface area contributed by atoms with Crippen molar-refractivity contribution in [1.82, 2.24) is 4.31 Å². The van der Waals surface area contributed by atoms with E-state index in [9.17, 15) is 17.6 Å². The Hall–Kier alpha value is -2.29. The van der Waals surface area contributed by atoms with E-state index in [1.807, 2.05) is 0 Å². The van der Waals surface area contributed by atoms with Gasteiger partial charge < -0.3 is 9.47 Å². The van der Waals surface area contributed by atoms with Crippen molar-refractivity contribution in [2.45, 2.75) is 17.9 Å². The van der Waals surface area contributed by atoms with Crippen LogP contribution in [0, 0.1) is 5.82 Å². The van der Waals surface area contributed by atoms with E-state index in [0.29, 0.717) is 31.9 Å². The van der Waals surface area contributed by atoms with E-state index in [4.69, 9.17) is 9.47 Å². The van der Waals surface area contributed by atoms with Gasteiger partial charge in [-0.15, -0.1) is 0 Å². The van der Waals surface area contributed by atoms with Gasteiger partial charge in [-0.2, -0.15) is 4.31 Å². The molecule has 8 heteroatoms. The van der Waals surface area contributed by atoms with Crippen molar-refractivity contribution in [2.75, 3.05) is 26.3 Å². The van der Waals surface area contributed by atoms with Crippen molar-refractivity contribution < 1.29 is 27.1 Å². The van der Waals surface area contributed by atoms with Gasteiger partial charge in [0.25, 0.3) is 0 Å². The Balaban J connectivity index is 1.64. The molecule has 27 heavy (non-hydrogen) atoms. The van der Waals surface area contributed by atoms with Gasteiger partial charge in [-0.25, -0.2) is 12.8 Å². The molecule has 0 amide bonds. The SMILES string of the molecule is O=C(Cc1ccccc1F)OCc1cccc(S(=O)(=O)N2CCOCC2)c1. The molecule has 1 aliphatic heterocycles. The molecule has 3 rings (SSSR count). The molecule has 1 heterocycles. The van der Waals surface area contributed by atoms with E-state index < -0.39 is 21.8 Å². The molecule has 1 saturated heterocycles. The van der Waals surface area contributed by atoms with Crippen LogP contribution in [0.1, 0.15) is 11.1 Å². The topological polar surface area (TPSA) is 72.9 Å². The van der Waals surface area contributed by atoms with E-state index in [-0.39, 0.29) is 23.5 Å². The molecule has 0 aliphatic carbocycles. The molecule has 0 spiro atoms. The third kappa shape index (κ3) is 4.91. The lowest BCUT2D eigenvalue weighted by atomic mass is 10.1. The molecular formula is C19H20FNO5S. The van der Waals surface area contributed by atoms with Crippen molar-refractivity contribution in [2.24, 2.45) is 0 Å². The Kier molecular flexibility index (Phi) is 6.20. The summed E-state index contributed by atoms with van der Waals surface area (Å²) in [5, 5.41) is 0. The zero-order valence-corrected chi connectivity index (χ0v) is 15.5. The van der Waals surface area contributed by atoms with Gasteiger partial charge in [-0.05, 0) is 29.3 Å². The predicted molar refractivity (Wildman–Crippen MR) is 95.9 cm³/mol. The highest BCUT2D eigenvalue weighted by Crippen LogP contribution is 2.19. The number of ether oxygens (including phenoxy) is 2. The zero-order chi connectivity index (χ0) is 19.3. The maximum Gasteiger partial charge on any atom is 0.310 e. The summed E-state index contributed by atoms with van der Waals surface area (Å²) in [6.45, 7) is 1.27. The minimum absolute atomic E-state index is 0.0836. The van der Waals surface area contributed by atoms with Crippen LogP contribution in [0.15, 0.2) is 53.4 Å². The Morgan fingerprint density at radius 3 is 2.59 bits per heavy atom. The van der Waals surface area contributed by atoms with Crippen molar-refractivity contribution in [1.29, 1.82) is 0 Å². The molecule has 0 unspecified atom stereocenters. The quantitative estimate of drug-likeness (QED) is 0.703. The van der Waals surface area contributed by atoms with Crippen LogP contribution in [0.25, 0.3) is 0 Å². The van der Waals surface area contributed by atoms with Crippen LogP contribution in [0.3, 0.4) is 0 Å². The van der Waals surface area contributed by atoms with Gasteiger partial charge in [0.05, 0.1) is 24.5 Å². The number of carbonyl (C=O) groups excluding carboxylic acids is 1. The van der Waals surface area contributed by atoms with Crippen molar-refractivity contribution in [3.8, 4) is 0 Å². The first-order valence-corrected chi connectivity index (χ1v) is 9.97. The number of esters is 1. The van der Waals surface area contributed by atoms with Gasteiger partial charge in [0.15, 0.2) is 0 Å². The van der Waals surface area contributed by atoms with Crippen LogP contribution in [0.5, 0.6) is 0 Å². The summed E-state index contributed by atoms with van der Waals surface area (Å²) in [6, 6.07) is 12.3. The number of benzene rings is 2. The van der Waals surface area contributed by atoms with Crippen LogP contribution in [0.4, 0.5) is 4.39 Å². The normalized spacial score (nSPS) is 15.4. The van der Waals surface area contributed by atoms with E-state index in [0.717, 1.165) is 0 Å². The molecule has 0 radical (unpaired) electrons. The molecule has 6 nitrogen and oxygen atoms in total. The number of morpholine rings is 1. The van der Waals surface area contributed by atoms with Gasteiger partial charge in [-0.1, -0.05) is 30.3 Å². The minimum Gasteiger partial charge on any atom is -0.461 e. The highest BCUT2D eigenvalue weighted by atomic mass is 32.2. The second kappa shape index (κ2) is 8.60. The highest BCUT2D eigenvalue weighted by molar-refractivity contribution is 7.89. The first-order chi connectivity index (χ1) is 13.0. The molecule has 0 bridgehead atoms. The van der Waals surface area contributed by atoms with Crippen LogP contribution >= 0.6 is 0 Å². The van der Waals surface area contributed by atoms with Gasteiger partial charge in [0.2, 0.25) is 10.0 Å². The summed E-state index contributed by atoms with van der Waals surface area (Å²) in [7, 11) is -3.61. The van der Waals surface area contributed by atoms with E-state index in [1.165, 1.54) is 28.6 Å². The summed E-state index contributed by atoms with van der Waals surface area (Å²) >= 11 is 0. The molecule has 144 valence electrons. The highest BCUT2D eigenvalue weighted by Gasteiger charge is 2.26. The average molecular weight is 393 g/mol. The van der Waals surface area contributed by atoms with Gasteiger partial charge in [0, 0.05) is 13.1 Å². The zero-order valence-electron chi connectivity index (χ0n) is 14.6. The Morgan fingerprint density at radius 1 is 1.11 bits per heavy atom. The van der Waals surface area contributed by atoms with Crippen molar-refractivity contribution in [3.63, 3.8) is 0 Å². The van der Waals surface area contributed by atoms with E-state index in [1.54, 1.807) is 24.3 Å². The molecule has 2 aromatic rings. The molecule has 2 aromatic carbocycles. The predicted octanol–water partition coefficient (Wildman–Crippen LogP) is 2.13. The number of carbonyl (C=O) groups is 1. The third-order valence-electron chi connectivity index (χ3n) is 4.20. The lowest BCUT2D eigenvalue weighted by molar-refractivity contribution is -0.144. The Labute approximate surface area is 157 Å². The summed E-state index contributed by atoms with van der Waals surface area (Å²) in [4.78, 5) is 12.1. The minimum atomic E-state index is -3.61. The Bertz CT molecular complexity index is 910. The average Bonchev–Trinajstić information content (AvgIpc) is 2.69. The largest absolute Gasteiger partial charge is 0.461 e. The van der Waals surface area contributed by atoms with Gasteiger partial charge >= 0.3 is 5.97 Å². The molecule has 0 aromatic heterocycles. The first kappa shape index (κ1) is 19.5. The number of nitrogens with zero attached hydrogens (tertiary/aromatic N) is 1. The lowest BCUT2D eigenvalue weighted by Gasteiger charge is -2.26. The van der Waals surface area contributed by atoms with Crippen LogP contribution in [0.2, 0.25) is 0 Å². The van der Waals surface area contributed by atoms with Gasteiger partial charge in [0.1, 0.15) is 12.4 Å². The van der Waals surface area contributed by atoms with Crippen LogP contribution in [-0.2, 0) is 37.3 Å². The van der Waals surface area contributed by atoms with Crippen LogP contribution < -0.4 is 0 Å². The summed E-state index contributed by atoms with van der Waals surface area (Å²) in [5.74, 6) is -1.05. The standard InChI is InChI=1S/C19H20FNO5S/c20-18-7-2-1-5-16(18)13-19(22)26-14-15-4-3-6-17(12-15)27(23,24)21-8-10-25-11-9-21/h1-7,12H,8-11,13-14H2. The maximum atomic E-state index is 13.6. The number of sulfonamides is 1. The van der Waals surface area contributed by atoms with Crippen molar-refractivity contribution >= 4 is 16.0 Å². The first-order valence-electron chi connectivity index (χ1n) is 8.53. The third-order valence-corrected chi connectivity index (χ3v) is 6.09. The number of hydrogen-bond donors (Lipinski definition) is 0. The maximum absolute atomic E-state index is 13.6. The summed E-state index contributed by atoms with van der Waals surface area (Å²) in [5.41, 5.74) is 0.803. The number of halogens is 1. The number of rotatable bonds is 6. The lowest BCUT2D eigenvalue weighted by Crippen LogP contribution is -2.40. The van der Waals surface area contributed by atoms with Gasteiger partial charge in [-0.3, -0.25) is 4.79 Å². The fraction of sp³-hybridized carbons (Fsp3) is 0.316. The monoisotopic (exact) mass is 393 g/mol. The van der Waals surface area contributed by atoms with Crippen LogP contribution in [-0.4, -0.2) is 45.0 Å². The van der Waals surface area contributed by atoms with E-state index >= 15 is 0 Å². The smallest absolute Gasteiger partial charge is 0.310 e. The fourth-order valence-corrected chi connectivity index (χ4v) is 4.22. The van der Waals surface area contributed by atoms with E-state index in [2.05, 4.69) is 0 Å². The molecule has 1 fully saturated rings. The molecular weight excluding hydrogens is 373 g/mol. The fourth-order valence-electron chi connectivity index (χ4n) is 2.74. The molecule has 0 saturated carbocycles. The molecule has 0 atom stereocenters.